The van der Waals surface area contributed by atoms with E-state index in [1.165, 1.54) is 0 Å². The monoisotopic (exact) mass is 257 g/mol. The molecule has 0 saturated heterocycles. The summed E-state index contributed by atoms with van der Waals surface area (Å²) in [6, 6.07) is 6.06. The van der Waals surface area contributed by atoms with Crippen molar-refractivity contribution in [3.63, 3.8) is 0 Å². The molecule has 0 amide bonds. The minimum Gasteiger partial charge on any atom is -0.361 e. The van der Waals surface area contributed by atoms with Crippen LogP contribution in [0.1, 0.15) is 52.7 Å². The highest BCUT2D eigenvalue weighted by atomic mass is 16.1. The normalized spacial score (nSPS) is 12.9. The van der Waals surface area contributed by atoms with Crippen LogP contribution in [0.15, 0.2) is 29.2 Å². The lowest BCUT2D eigenvalue weighted by molar-refractivity contribution is 0.563. The molecule has 0 radical (unpaired) electrons. The molecule has 0 saturated carbocycles. The van der Waals surface area contributed by atoms with Crippen molar-refractivity contribution >= 4 is 10.9 Å². The van der Waals surface area contributed by atoms with Crippen molar-refractivity contribution in [2.24, 2.45) is 0 Å². The van der Waals surface area contributed by atoms with Crippen LogP contribution in [-0.2, 0) is 10.8 Å². The number of aromatic nitrogens is 1. The third kappa shape index (κ3) is 2.58. The molecule has 19 heavy (non-hydrogen) atoms. The van der Waals surface area contributed by atoms with Crippen molar-refractivity contribution < 1.29 is 0 Å². The van der Waals surface area contributed by atoms with Crippen LogP contribution in [0.25, 0.3) is 10.9 Å². The molecular weight excluding hydrogens is 234 g/mol. The van der Waals surface area contributed by atoms with Gasteiger partial charge in [-0.3, -0.25) is 4.79 Å². The summed E-state index contributed by atoms with van der Waals surface area (Å²) in [6.45, 7) is 12.5. The molecule has 2 nitrogen and oxygen atoms in total. The van der Waals surface area contributed by atoms with E-state index in [0.29, 0.717) is 0 Å². The fraction of sp³-hybridized carbons (Fsp3) is 0.471. The molecule has 0 spiro atoms. The zero-order chi connectivity index (χ0) is 14.4. The van der Waals surface area contributed by atoms with Crippen molar-refractivity contribution in [2.75, 3.05) is 0 Å². The Labute approximate surface area is 114 Å². The topological polar surface area (TPSA) is 32.9 Å². The van der Waals surface area contributed by atoms with Crippen LogP contribution in [0.4, 0.5) is 0 Å². The molecule has 2 heteroatoms. The Morgan fingerprint density at radius 2 is 1.42 bits per heavy atom. The second-order valence-electron chi connectivity index (χ2n) is 7.29. The highest BCUT2D eigenvalue weighted by Crippen LogP contribution is 2.26. The molecule has 1 aromatic carbocycles. The lowest BCUT2D eigenvalue weighted by Gasteiger charge is -2.21. The van der Waals surface area contributed by atoms with Gasteiger partial charge in [-0.25, -0.2) is 0 Å². The Balaban J connectivity index is 2.98. The molecule has 0 aliphatic carbocycles. The van der Waals surface area contributed by atoms with Crippen LogP contribution in [0.5, 0.6) is 0 Å². The summed E-state index contributed by atoms with van der Waals surface area (Å²) in [7, 11) is 0. The predicted molar refractivity (Wildman–Crippen MR) is 82.0 cm³/mol. The largest absolute Gasteiger partial charge is 0.361 e. The Morgan fingerprint density at radius 1 is 0.895 bits per heavy atom. The van der Waals surface area contributed by atoms with Crippen LogP contribution < -0.4 is 5.43 Å². The van der Waals surface area contributed by atoms with Crippen LogP contribution >= 0.6 is 0 Å². The maximum absolute atomic E-state index is 12.9. The maximum atomic E-state index is 12.9. The second-order valence-corrected chi connectivity index (χ2v) is 7.29. The number of aromatic amines is 1. The van der Waals surface area contributed by atoms with Crippen molar-refractivity contribution in [3.05, 3.63) is 45.7 Å². The molecule has 0 bridgehead atoms. The molecule has 2 rings (SSSR count). The Morgan fingerprint density at radius 3 is 1.95 bits per heavy atom. The van der Waals surface area contributed by atoms with Crippen molar-refractivity contribution in [3.8, 4) is 0 Å². The number of rotatable bonds is 0. The van der Waals surface area contributed by atoms with Crippen LogP contribution in [0, 0.1) is 0 Å². The Bertz CT molecular complexity index is 611. The van der Waals surface area contributed by atoms with Crippen LogP contribution in [-0.4, -0.2) is 4.98 Å². The number of nitrogens with one attached hydrogen (secondary N) is 1. The van der Waals surface area contributed by atoms with Crippen molar-refractivity contribution in [1.82, 2.24) is 4.98 Å². The minimum absolute atomic E-state index is 0.152. The molecular formula is C17H23NO. The smallest absolute Gasteiger partial charge is 0.186 e. The molecule has 102 valence electrons. The van der Waals surface area contributed by atoms with E-state index in [1.54, 1.807) is 0 Å². The van der Waals surface area contributed by atoms with E-state index < -0.39 is 0 Å². The lowest BCUT2D eigenvalue weighted by Crippen LogP contribution is -2.28. The summed E-state index contributed by atoms with van der Waals surface area (Å²) < 4.78 is 0. The van der Waals surface area contributed by atoms with E-state index in [-0.39, 0.29) is 16.3 Å². The standard InChI is InChI=1S/C17H23NO/c1-16(2,3)12-9-11-7-8-18-14(11)10-13(15(12)19)17(4,5)6/h7-10,18H,1-6H3. The summed E-state index contributed by atoms with van der Waals surface area (Å²) in [5, 5.41) is 1.09. The van der Waals surface area contributed by atoms with Gasteiger partial charge in [0.1, 0.15) is 0 Å². The van der Waals surface area contributed by atoms with Crippen LogP contribution in [0.3, 0.4) is 0 Å². The first-order valence-corrected chi connectivity index (χ1v) is 6.77. The minimum atomic E-state index is -0.159. The summed E-state index contributed by atoms with van der Waals surface area (Å²) >= 11 is 0. The first-order valence-electron chi connectivity index (χ1n) is 6.77. The predicted octanol–water partition coefficient (Wildman–Crippen LogP) is 4.12. The third-order valence-corrected chi connectivity index (χ3v) is 3.51. The molecule has 1 heterocycles. The van der Waals surface area contributed by atoms with E-state index in [1.807, 2.05) is 24.4 Å². The van der Waals surface area contributed by atoms with Crippen molar-refractivity contribution in [2.45, 2.75) is 52.4 Å². The number of hydrogen-bond donors (Lipinski definition) is 1. The van der Waals surface area contributed by atoms with E-state index in [4.69, 9.17) is 0 Å². The lowest BCUT2D eigenvalue weighted by atomic mass is 9.82. The molecule has 0 aliphatic rings. The molecule has 0 fully saturated rings. The SMILES string of the molecule is CC(C)(C)c1cc2cc[nH]c2cc(C(C)(C)C)c1=O. The number of H-pyrrole nitrogens is 1. The number of fused-ring (bicyclic) bond motifs is 1. The van der Waals surface area contributed by atoms with E-state index >= 15 is 0 Å². The van der Waals surface area contributed by atoms with Gasteiger partial charge in [-0.15, -0.1) is 0 Å². The van der Waals surface area contributed by atoms with Gasteiger partial charge in [0.2, 0.25) is 0 Å². The summed E-state index contributed by atoms with van der Waals surface area (Å²) in [4.78, 5) is 16.1. The van der Waals surface area contributed by atoms with Gasteiger partial charge in [-0.2, -0.15) is 0 Å². The van der Waals surface area contributed by atoms with Crippen LogP contribution in [0.2, 0.25) is 0 Å². The van der Waals surface area contributed by atoms with E-state index in [9.17, 15) is 4.79 Å². The molecule has 0 unspecified atom stereocenters. The molecule has 0 aliphatic heterocycles. The van der Waals surface area contributed by atoms with Gasteiger partial charge in [-0.1, -0.05) is 41.5 Å². The highest BCUT2D eigenvalue weighted by Gasteiger charge is 2.24. The summed E-state index contributed by atoms with van der Waals surface area (Å²) in [5.41, 5.74) is 2.64. The molecule has 2 aromatic rings. The van der Waals surface area contributed by atoms with Gasteiger partial charge in [-0.05, 0) is 34.4 Å². The fourth-order valence-corrected chi connectivity index (χ4v) is 2.34. The van der Waals surface area contributed by atoms with Gasteiger partial charge < -0.3 is 4.98 Å². The fourth-order valence-electron chi connectivity index (χ4n) is 2.34. The first-order chi connectivity index (χ1) is 8.60. The zero-order valence-corrected chi connectivity index (χ0v) is 12.7. The molecule has 0 atom stereocenters. The van der Waals surface area contributed by atoms with Gasteiger partial charge in [0, 0.05) is 22.8 Å². The van der Waals surface area contributed by atoms with Gasteiger partial charge in [0.05, 0.1) is 0 Å². The average molecular weight is 257 g/mol. The quantitative estimate of drug-likeness (QED) is 0.756. The Kier molecular flexibility index (Phi) is 3.08. The maximum Gasteiger partial charge on any atom is 0.186 e. The van der Waals surface area contributed by atoms with E-state index in [2.05, 4.69) is 46.5 Å². The first kappa shape index (κ1) is 13.9. The van der Waals surface area contributed by atoms with Gasteiger partial charge in [0.25, 0.3) is 0 Å². The van der Waals surface area contributed by atoms with Gasteiger partial charge >= 0.3 is 0 Å². The third-order valence-electron chi connectivity index (χ3n) is 3.51. The zero-order valence-electron chi connectivity index (χ0n) is 12.7. The van der Waals surface area contributed by atoms with E-state index in [0.717, 1.165) is 22.0 Å². The second kappa shape index (κ2) is 4.22. The average Bonchev–Trinajstić information content (AvgIpc) is 2.60. The Hall–Kier alpha value is -1.57. The highest BCUT2D eigenvalue weighted by molar-refractivity contribution is 5.80. The number of hydrogen-bond acceptors (Lipinski definition) is 1. The summed E-state index contributed by atoms with van der Waals surface area (Å²) in [5.74, 6) is 0. The molecule has 1 N–H and O–H groups in total. The van der Waals surface area contributed by atoms with Crippen molar-refractivity contribution in [1.29, 1.82) is 0 Å². The summed E-state index contributed by atoms with van der Waals surface area (Å²) in [6.07, 6.45) is 1.92. The van der Waals surface area contributed by atoms with Gasteiger partial charge in [0.15, 0.2) is 5.43 Å². The molecule has 1 aromatic heterocycles.